The monoisotopic (exact) mass is 288 g/mol. The molecule has 2 nitrogen and oxygen atoms in total. The van der Waals surface area contributed by atoms with Crippen LogP contribution >= 0.6 is 0 Å². The lowest BCUT2D eigenvalue weighted by Gasteiger charge is -2.26. The summed E-state index contributed by atoms with van der Waals surface area (Å²) in [5.74, 6) is 1.70. The molecule has 118 valence electrons. The van der Waals surface area contributed by atoms with Crippen LogP contribution in [0.1, 0.15) is 50.8 Å². The van der Waals surface area contributed by atoms with Gasteiger partial charge in [0.05, 0.1) is 0 Å². The van der Waals surface area contributed by atoms with E-state index >= 15 is 0 Å². The number of likely N-dealkylation sites (tertiary alicyclic amines) is 1. The normalized spacial score (nSPS) is 21.1. The Balaban J connectivity index is 1.98. The van der Waals surface area contributed by atoms with Crippen molar-refractivity contribution in [2.75, 3.05) is 26.2 Å². The topological polar surface area (TPSA) is 15.3 Å². The Morgan fingerprint density at radius 1 is 1.24 bits per heavy atom. The Kier molecular flexibility index (Phi) is 6.25. The minimum atomic E-state index is 0.469. The number of rotatable bonds is 7. The summed E-state index contributed by atoms with van der Waals surface area (Å²) >= 11 is 0. The van der Waals surface area contributed by atoms with E-state index in [1.54, 1.807) is 0 Å². The van der Waals surface area contributed by atoms with E-state index in [1.165, 1.54) is 37.1 Å². The molecular formula is C19H32N2. The highest BCUT2D eigenvalue weighted by atomic mass is 15.2. The molecule has 1 heterocycles. The Morgan fingerprint density at radius 3 is 2.52 bits per heavy atom. The highest BCUT2D eigenvalue weighted by molar-refractivity contribution is 5.24. The average Bonchev–Trinajstić information content (AvgIpc) is 2.93. The van der Waals surface area contributed by atoms with Crippen LogP contribution in [0.3, 0.4) is 0 Å². The minimum absolute atomic E-state index is 0.469. The van der Waals surface area contributed by atoms with E-state index in [-0.39, 0.29) is 0 Å². The van der Waals surface area contributed by atoms with Gasteiger partial charge in [-0.1, -0.05) is 50.6 Å². The predicted octanol–water partition coefficient (Wildman–Crippen LogP) is 4.01. The first-order valence-corrected chi connectivity index (χ1v) is 8.62. The molecule has 21 heavy (non-hydrogen) atoms. The lowest BCUT2D eigenvalue weighted by atomic mass is 9.95. The van der Waals surface area contributed by atoms with Crippen molar-refractivity contribution < 1.29 is 0 Å². The maximum atomic E-state index is 3.73. The molecule has 2 heteroatoms. The summed E-state index contributed by atoms with van der Waals surface area (Å²) in [7, 11) is 0. The average molecular weight is 288 g/mol. The standard InChI is InChI=1S/C19H32N2/c1-5-11-20-19(17-8-6-16(4)7-9-17)14-21-12-10-18(13-21)15(2)3/h6-9,15,18-20H,5,10-14H2,1-4H3. The third-order valence-electron chi connectivity index (χ3n) is 4.81. The molecule has 0 aromatic heterocycles. The van der Waals surface area contributed by atoms with Gasteiger partial charge in [0.15, 0.2) is 0 Å². The summed E-state index contributed by atoms with van der Waals surface area (Å²) in [4.78, 5) is 2.65. The lowest BCUT2D eigenvalue weighted by molar-refractivity contribution is 0.270. The zero-order valence-corrected chi connectivity index (χ0v) is 14.2. The van der Waals surface area contributed by atoms with Gasteiger partial charge in [0.1, 0.15) is 0 Å². The van der Waals surface area contributed by atoms with Crippen molar-refractivity contribution in [2.45, 2.75) is 46.6 Å². The number of hydrogen-bond acceptors (Lipinski definition) is 2. The van der Waals surface area contributed by atoms with Crippen molar-refractivity contribution >= 4 is 0 Å². The maximum absolute atomic E-state index is 3.73. The van der Waals surface area contributed by atoms with Gasteiger partial charge in [0.2, 0.25) is 0 Å². The van der Waals surface area contributed by atoms with Crippen molar-refractivity contribution in [3.8, 4) is 0 Å². The molecule has 1 aliphatic heterocycles. The van der Waals surface area contributed by atoms with E-state index < -0.39 is 0 Å². The van der Waals surface area contributed by atoms with Gasteiger partial charge in [-0.25, -0.2) is 0 Å². The zero-order chi connectivity index (χ0) is 15.2. The highest BCUT2D eigenvalue weighted by Gasteiger charge is 2.26. The SMILES string of the molecule is CCCNC(CN1CCC(C(C)C)C1)c1ccc(C)cc1. The molecule has 1 aromatic rings. The Hall–Kier alpha value is -0.860. The summed E-state index contributed by atoms with van der Waals surface area (Å²) in [6, 6.07) is 9.52. The Bertz CT molecular complexity index is 410. The smallest absolute Gasteiger partial charge is 0.0449 e. The van der Waals surface area contributed by atoms with Crippen LogP contribution in [0, 0.1) is 18.8 Å². The van der Waals surface area contributed by atoms with Gasteiger partial charge in [0.25, 0.3) is 0 Å². The highest BCUT2D eigenvalue weighted by Crippen LogP contribution is 2.25. The van der Waals surface area contributed by atoms with E-state index in [1.807, 2.05) is 0 Å². The third kappa shape index (κ3) is 4.82. The van der Waals surface area contributed by atoms with Crippen LogP contribution in [0.4, 0.5) is 0 Å². The van der Waals surface area contributed by atoms with Crippen LogP contribution in [0.15, 0.2) is 24.3 Å². The van der Waals surface area contributed by atoms with Crippen LogP contribution in [0.2, 0.25) is 0 Å². The second kappa shape index (κ2) is 7.95. The Labute approximate surface area is 130 Å². The molecular weight excluding hydrogens is 256 g/mol. The van der Waals surface area contributed by atoms with E-state index in [9.17, 15) is 0 Å². The molecule has 0 bridgehead atoms. The predicted molar refractivity (Wildman–Crippen MR) is 91.6 cm³/mol. The summed E-state index contributed by atoms with van der Waals surface area (Å²) < 4.78 is 0. The fourth-order valence-electron chi connectivity index (χ4n) is 3.24. The van der Waals surface area contributed by atoms with Gasteiger partial charge in [-0.05, 0) is 50.3 Å². The summed E-state index contributed by atoms with van der Waals surface area (Å²) in [5, 5.41) is 3.73. The van der Waals surface area contributed by atoms with Crippen molar-refractivity contribution in [1.82, 2.24) is 10.2 Å². The summed E-state index contributed by atoms with van der Waals surface area (Å²) in [6.07, 6.45) is 2.56. The molecule has 0 spiro atoms. The van der Waals surface area contributed by atoms with Crippen LogP contribution in [-0.2, 0) is 0 Å². The van der Waals surface area contributed by atoms with Crippen molar-refractivity contribution in [2.24, 2.45) is 11.8 Å². The second-order valence-electron chi connectivity index (χ2n) is 6.97. The van der Waals surface area contributed by atoms with Gasteiger partial charge in [0, 0.05) is 19.1 Å². The van der Waals surface area contributed by atoms with Crippen molar-refractivity contribution in [1.29, 1.82) is 0 Å². The van der Waals surface area contributed by atoms with Gasteiger partial charge in [-0.2, -0.15) is 0 Å². The first-order valence-electron chi connectivity index (χ1n) is 8.62. The number of hydrogen-bond donors (Lipinski definition) is 1. The fourth-order valence-corrected chi connectivity index (χ4v) is 3.24. The first kappa shape index (κ1) is 16.5. The summed E-state index contributed by atoms with van der Waals surface area (Å²) in [6.45, 7) is 13.9. The van der Waals surface area contributed by atoms with E-state index in [4.69, 9.17) is 0 Å². The van der Waals surface area contributed by atoms with E-state index in [2.05, 4.69) is 62.2 Å². The van der Waals surface area contributed by atoms with Gasteiger partial charge in [-0.15, -0.1) is 0 Å². The maximum Gasteiger partial charge on any atom is 0.0449 e. The molecule has 2 atom stereocenters. The number of nitrogens with one attached hydrogen (secondary N) is 1. The van der Waals surface area contributed by atoms with Gasteiger partial charge >= 0.3 is 0 Å². The van der Waals surface area contributed by atoms with Crippen LogP contribution < -0.4 is 5.32 Å². The first-order chi connectivity index (χ1) is 10.1. The van der Waals surface area contributed by atoms with E-state index in [0.29, 0.717) is 6.04 Å². The molecule has 0 aliphatic carbocycles. The number of nitrogens with zero attached hydrogens (tertiary/aromatic N) is 1. The molecule has 0 amide bonds. The molecule has 1 N–H and O–H groups in total. The van der Waals surface area contributed by atoms with Crippen LogP contribution in [0.5, 0.6) is 0 Å². The van der Waals surface area contributed by atoms with Crippen LogP contribution in [0.25, 0.3) is 0 Å². The molecule has 1 aromatic carbocycles. The quantitative estimate of drug-likeness (QED) is 0.815. The van der Waals surface area contributed by atoms with Crippen LogP contribution in [-0.4, -0.2) is 31.1 Å². The molecule has 1 fully saturated rings. The molecule has 2 rings (SSSR count). The number of aryl methyl sites for hydroxylation is 1. The largest absolute Gasteiger partial charge is 0.309 e. The van der Waals surface area contributed by atoms with Gasteiger partial charge < -0.3 is 10.2 Å². The lowest BCUT2D eigenvalue weighted by Crippen LogP contribution is -2.34. The molecule has 0 radical (unpaired) electrons. The Morgan fingerprint density at radius 2 is 1.95 bits per heavy atom. The molecule has 0 saturated carbocycles. The fraction of sp³-hybridized carbons (Fsp3) is 0.684. The summed E-state index contributed by atoms with van der Waals surface area (Å²) in [5.41, 5.74) is 2.77. The zero-order valence-electron chi connectivity index (χ0n) is 14.2. The molecule has 1 saturated heterocycles. The van der Waals surface area contributed by atoms with Crippen molar-refractivity contribution in [3.63, 3.8) is 0 Å². The molecule has 1 aliphatic rings. The van der Waals surface area contributed by atoms with E-state index in [0.717, 1.165) is 24.9 Å². The third-order valence-corrected chi connectivity index (χ3v) is 4.81. The number of benzene rings is 1. The minimum Gasteiger partial charge on any atom is -0.309 e. The van der Waals surface area contributed by atoms with Gasteiger partial charge in [-0.3, -0.25) is 0 Å². The molecule has 2 unspecified atom stereocenters. The van der Waals surface area contributed by atoms with Crippen molar-refractivity contribution in [3.05, 3.63) is 35.4 Å². The second-order valence-corrected chi connectivity index (χ2v) is 6.97.